The average molecular weight is 281 g/mol. The van der Waals surface area contributed by atoms with E-state index < -0.39 is 22.5 Å². The lowest BCUT2D eigenvalue weighted by molar-refractivity contribution is -0.992. The van der Waals surface area contributed by atoms with Gasteiger partial charge in [0.25, 0.3) is 0 Å². The first-order valence-corrected chi connectivity index (χ1v) is 5.96. The van der Waals surface area contributed by atoms with E-state index in [1.165, 1.54) is 12.1 Å². The average Bonchev–Trinajstić information content (AvgIpc) is 2.12. The van der Waals surface area contributed by atoms with Gasteiger partial charge in [-0.3, -0.25) is 0 Å². The summed E-state index contributed by atoms with van der Waals surface area (Å²) < 4.78 is 37.1. The molecule has 1 aromatic carbocycles. The maximum atomic E-state index is 12.4. The number of rotatable bonds is 2. The van der Waals surface area contributed by atoms with Crippen molar-refractivity contribution in [2.75, 3.05) is 0 Å². The number of hydrogen-bond acceptors (Lipinski definition) is 3. The molecular weight excluding hydrogens is 267 g/mol. The second-order valence-corrected chi connectivity index (χ2v) is 5.92. The van der Waals surface area contributed by atoms with Gasteiger partial charge >= 0.3 is 5.51 Å². The number of benzene rings is 1. The summed E-state index contributed by atoms with van der Waals surface area (Å²) in [6.07, 6.45) is 0. The van der Waals surface area contributed by atoms with Crippen LogP contribution in [0.3, 0.4) is 0 Å². The molecule has 0 fully saturated rings. The zero-order valence-electron chi connectivity index (χ0n) is 10.1. The minimum absolute atomic E-state index is 0.276. The Labute approximate surface area is 107 Å². The molecular formula is C11H14F3NO2S. The van der Waals surface area contributed by atoms with Crippen molar-refractivity contribution >= 4 is 17.4 Å². The van der Waals surface area contributed by atoms with Gasteiger partial charge in [-0.25, -0.2) is 5.21 Å². The highest BCUT2D eigenvalue weighted by Gasteiger charge is 2.32. The number of hydrogen-bond donors (Lipinski definition) is 2. The summed E-state index contributed by atoms with van der Waals surface area (Å²) in [5, 5.41) is 18.4. The van der Waals surface area contributed by atoms with Gasteiger partial charge in [0.2, 0.25) is 0 Å². The summed E-state index contributed by atoms with van der Waals surface area (Å²) >= 11 is -0.395. The highest BCUT2D eigenvalue weighted by molar-refractivity contribution is 8.00. The SMILES string of the molecule is CC(C)(C)c1ccc([NH+]([O-])O)c(SC(F)(F)F)c1. The molecule has 0 saturated heterocycles. The van der Waals surface area contributed by atoms with Crippen LogP contribution in [0.25, 0.3) is 0 Å². The van der Waals surface area contributed by atoms with E-state index >= 15 is 0 Å². The van der Waals surface area contributed by atoms with Gasteiger partial charge in [-0.05, 0) is 28.8 Å². The Kier molecular flexibility index (Phi) is 4.32. The van der Waals surface area contributed by atoms with E-state index in [-0.39, 0.29) is 16.0 Å². The Balaban J connectivity index is 3.25. The number of halogens is 3. The van der Waals surface area contributed by atoms with Crippen molar-refractivity contribution in [2.24, 2.45) is 0 Å². The molecule has 1 aromatic rings. The fraction of sp³-hybridized carbons (Fsp3) is 0.455. The molecule has 0 amide bonds. The van der Waals surface area contributed by atoms with Crippen LogP contribution in [0.4, 0.5) is 18.9 Å². The summed E-state index contributed by atoms with van der Waals surface area (Å²) in [7, 11) is 0. The smallest absolute Gasteiger partial charge is 0.446 e. The Bertz CT molecular complexity index is 427. The minimum atomic E-state index is -4.50. The van der Waals surface area contributed by atoms with Crippen molar-refractivity contribution in [3.05, 3.63) is 29.0 Å². The summed E-state index contributed by atoms with van der Waals surface area (Å²) in [6, 6.07) is 4.06. The lowest BCUT2D eigenvalue weighted by Gasteiger charge is -2.22. The van der Waals surface area contributed by atoms with Gasteiger partial charge in [0, 0.05) is 6.07 Å². The molecule has 0 bridgehead atoms. The summed E-state index contributed by atoms with van der Waals surface area (Å²) in [5.41, 5.74) is -4.50. The third-order valence-electron chi connectivity index (χ3n) is 2.30. The highest BCUT2D eigenvalue weighted by Crippen LogP contribution is 2.41. The van der Waals surface area contributed by atoms with E-state index in [2.05, 4.69) is 0 Å². The topological polar surface area (TPSA) is 47.7 Å². The number of thioether (sulfide) groups is 1. The van der Waals surface area contributed by atoms with Crippen LogP contribution in [-0.2, 0) is 5.41 Å². The molecule has 0 heterocycles. The third-order valence-corrected chi connectivity index (χ3v) is 3.09. The fourth-order valence-corrected chi connectivity index (χ4v) is 2.08. The first-order chi connectivity index (χ1) is 8.00. The van der Waals surface area contributed by atoms with Crippen molar-refractivity contribution in [3.8, 4) is 0 Å². The molecule has 7 heteroatoms. The van der Waals surface area contributed by atoms with E-state index in [0.29, 0.717) is 5.56 Å². The van der Waals surface area contributed by atoms with Crippen LogP contribution in [0.1, 0.15) is 26.3 Å². The molecule has 1 unspecified atom stereocenters. The predicted molar refractivity (Wildman–Crippen MR) is 62.8 cm³/mol. The predicted octanol–water partition coefficient (Wildman–Crippen LogP) is 3.00. The van der Waals surface area contributed by atoms with Crippen LogP contribution in [0, 0.1) is 5.21 Å². The standard InChI is InChI=1S/C11H14F3NO2S/c1-10(2,3)7-4-5-8(15(16)17)9(6-7)18-11(12,13)14/h4-6,15-16H,1-3H3. The molecule has 0 aliphatic heterocycles. The molecule has 0 aliphatic rings. The number of nitrogens with one attached hydrogen (secondary N) is 1. The zero-order chi connectivity index (χ0) is 14.1. The van der Waals surface area contributed by atoms with Gasteiger partial charge in [-0.15, -0.1) is 0 Å². The van der Waals surface area contributed by atoms with Crippen LogP contribution in [0.2, 0.25) is 0 Å². The molecule has 18 heavy (non-hydrogen) atoms. The largest absolute Gasteiger partial charge is 0.595 e. The Hall–Kier alpha value is -0.760. The van der Waals surface area contributed by atoms with Crippen LogP contribution >= 0.6 is 11.8 Å². The molecule has 0 saturated carbocycles. The van der Waals surface area contributed by atoms with Gasteiger partial charge in [0.15, 0.2) is 5.69 Å². The molecule has 1 rings (SSSR count). The summed E-state index contributed by atoms with van der Waals surface area (Å²) in [6.45, 7) is 5.56. The van der Waals surface area contributed by atoms with Crippen molar-refractivity contribution in [2.45, 2.75) is 36.6 Å². The van der Waals surface area contributed by atoms with Gasteiger partial charge in [-0.1, -0.05) is 26.8 Å². The lowest BCUT2D eigenvalue weighted by Crippen LogP contribution is -2.99. The number of quaternary nitrogens is 1. The van der Waals surface area contributed by atoms with E-state index in [9.17, 15) is 18.4 Å². The van der Waals surface area contributed by atoms with Crippen molar-refractivity contribution in [3.63, 3.8) is 0 Å². The third kappa shape index (κ3) is 4.16. The monoisotopic (exact) mass is 281 g/mol. The normalized spacial score (nSPS) is 14.7. The van der Waals surface area contributed by atoms with Gasteiger partial charge in [0.1, 0.15) is 0 Å². The van der Waals surface area contributed by atoms with Crippen LogP contribution in [0.5, 0.6) is 0 Å². The van der Waals surface area contributed by atoms with Crippen molar-refractivity contribution < 1.29 is 23.6 Å². The maximum absolute atomic E-state index is 12.4. The lowest BCUT2D eigenvalue weighted by atomic mass is 9.87. The van der Waals surface area contributed by atoms with E-state index in [4.69, 9.17) is 5.21 Å². The van der Waals surface area contributed by atoms with E-state index in [1.807, 2.05) is 20.8 Å². The first-order valence-electron chi connectivity index (χ1n) is 5.14. The second-order valence-electron chi connectivity index (χ2n) is 4.81. The Morgan fingerprint density at radius 1 is 1.22 bits per heavy atom. The summed E-state index contributed by atoms with van der Waals surface area (Å²) in [4.78, 5) is -0.276. The van der Waals surface area contributed by atoms with E-state index in [0.717, 1.165) is 0 Å². The molecule has 0 aliphatic carbocycles. The quantitative estimate of drug-likeness (QED) is 0.647. The van der Waals surface area contributed by atoms with Crippen LogP contribution in [0.15, 0.2) is 23.1 Å². The minimum Gasteiger partial charge on any atom is -0.595 e. The molecule has 0 aromatic heterocycles. The molecule has 1 atom stereocenters. The molecule has 3 nitrogen and oxygen atoms in total. The van der Waals surface area contributed by atoms with Crippen LogP contribution in [-0.4, -0.2) is 10.7 Å². The molecule has 0 radical (unpaired) electrons. The molecule has 2 N–H and O–H groups in total. The Morgan fingerprint density at radius 2 is 1.78 bits per heavy atom. The first kappa shape index (κ1) is 15.3. The second kappa shape index (κ2) is 5.08. The fourth-order valence-electron chi connectivity index (χ4n) is 1.37. The van der Waals surface area contributed by atoms with Gasteiger partial charge in [0.05, 0.1) is 4.90 Å². The van der Waals surface area contributed by atoms with E-state index in [1.54, 1.807) is 6.07 Å². The van der Waals surface area contributed by atoms with Crippen molar-refractivity contribution in [1.82, 2.24) is 0 Å². The Morgan fingerprint density at radius 3 is 2.17 bits per heavy atom. The van der Waals surface area contributed by atoms with Gasteiger partial charge < -0.3 is 5.21 Å². The van der Waals surface area contributed by atoms with Gasteiger partial charge in [-0.2, -0.15) is 18.4 Å². The maximum Gasteiger partial charge on any atom is 0.446 e. The highest BCUT2D eigenvalue weighted by atomic mass is 32.2. The summed E-state index contributed by atoms with van der Waals surface area (Å²) in [5.74, 6) is 0. The molecule has 0 spiro atoms. The van der Waals surface area contributed by atoms with Crippen molar-refractivity contribution in [1.29, 1.82) is 0 Å². The molecule has 102 valence electrons. The number of alkyl halides is 3. The zero-order valence-corrected chi connectivity index (χ0v) is 10.9. The van der Waals surface area contributed by atoms with Crippen LogP contribution < -0.4 is 5.23 Å².